The molecule has 2 amide bonds. The maximum atomic E-state index is 13.7. The summed E-state index contributed by atoms with van der Waals surface area (Å²) in [6.07, 6.45) is 7.76. The fourth-order valence-corrected chi connectivity index (χ4v) is 5.35. The molecule has 4 rings (SSSR count). The molecule has 0 saturated heterocycles. The minimum atomic E-state index is -3.61. The van der Waals surface area contributed by atoms with E-state index in [1.165, 1.54) is 4.90 Å². The van der Waals surface area contributed by atoms with Crippen LogP contribution in [-0.4, -0.2) is 66.7 Å². The van der Waals surface area contributed by atoms with Crippen molar-refractivity contribution in [3.05, 3.63) is 88.7 Å². The number of nitrogens with zero attached hydrogens (tertiary/aromatic N) is 2. The lowest BCUT2D eigenvalue weighted by Gasteiger charge is -2.46. The number of carbonyl (C=O) groups is 2. The van der Waals surface area contributed by atoms with Crippen molar-refractivity contribution >= 4 is 33.4 Å². The van der Waals surface area contributed by atoms with Gasteiger partial charge in [0, 0.05) is 29.3 Å². The van der Waals surface area contributed by atoms with E-state index in [1.54, 1.807) is 66.9 Å². The van der Waals surface area contributed by atoms with Crippen LogP contribution in [0.15, 0.2) is 71.9 Å². The molecule has 196 valence electrons. The number of aliphatic hydroxyl groups is 1. The number of hydroxylamine groups is 1. The smallest absolute Gasteiger partial charge is 0.254 e. The topological polar surface area (TPSA) is 138 Å². The molecule has 1 aliphatic heterocycles. The fourth-order valence-electron chi connectivity index (χ4n) is 4.63. The van der Waals surface area contributed by atoms with Crippen LogP contribution in [0.2, 0.25) is 0 Å². The van der Waals surface area contributed by atoms with Gasteiger partial charge in [-0.1, -0.05) is 48.0 Å². The first-order valence-corrected chi connectivity index (χ1v) is 13.8. The number of aliphatic hydroxyl groups excluding tert-OH is 1. The lowest BCUT2D eigenvalue weighted by molar-refractivity contribution is -0.138. The number of sulfonamides is 1. The Kier molecular flexibility index (Phi) is 8.40. The number of rotatable bonds is 10. The minimum absolute atomic E-state index is 0.0286. The number of allylic oxidation sites excluding steroid dienone is 2. The molecule has 0 bridgehead atoms. The maximum absolute atomic E-state index is 13.7. The van der Waals surface area contributed by atoms with Crippen molar-refractivity contribution in [3.8, 4) is 0 Å². The van der Waals surface area contributed by atoms with Gasteiger partial charge in [0.2, 0.25) is 10.0 Å². The molecule has 12 heteroatoms. The van der Waals surface area contributed by atoms with Crippen molar-refractivity contribution < 1.29 is 28.0 Å². The molecular weight excluding hydrogens is 520 g/mol. The highest BCUT2D eigenvalue weighted by Crippen LogP contribution is 2.41. The molecule has 2 heterocycles. The van der Waals surface area contributed by atoms with Crippen LogP contribution in [0.4, 0.5) is 0 Å². The summed E-state index contributed by atoms with van der Waals surface area (Å²) >= 11 is 6.22. The number of carbonyl (C=O) groups excluding carboxylic acids is 2. The highest BCUT2D eigenvalue weighted by atomic mass is 35.5. The Balaban J connectivity index is 1.71. The van der Waals surface area contributed by atoms with Crippen LogP contribution in [0.5, 0.6) is 0 Å². The summed E-state index contributed by atoms with van der Waals surface area (Å²) in [4.78, 5) is 38.4. The van der Waals surface area contributed by atoms with E-state index in [1.807, 2.05) is 0 Å². The summed E-state index contributed by atoms with van der Waals surface area (Å²) < 4.78 is 25.9. The molecule has 2 aliphatic rings. The summed E-state index contributed by atoms with van der Waals surface area (Å²) in [6.45, 7) is -0.746. The molecule has 0 fully saturated rings. The van der Waals surface area contributed by atoms with Crippen molar-refractivity contribution in [2.75, 3.05) is 19.4 Å². The molecule has 1 aromatic heterocycles. The van der Waals surface area contributed by atoms with Gasteiger partial charge in [0.1, 0.15) is 6.61 Å². The van der Waals surface area contributed by atoms with Crippen molar-refractivity contribution in [1.29, 1.82) is 0 Å². The van der Waals surface area contributed by atoms with E-state index in [0.717, 1.165) is 6.26 Å². The quantitative estimate of drug-likeness (QED) is 0.383. The van der Waals surface area contributed by atoms with E-state index in [4.69, 9.17) is 16.4 Å². The third kappa shape index (κ3) is 6.25. The Morgan fingerprint density at radius 1 is 1.24 bits per heavy atom. The maximum Gasteiger partial charge on any atom is 0.254 e. The summed E-state index contributed by atoms with van der Waals surface area (Å²) in [5.41, 5.74) is 3.87. The van der Waals surface area contributed by atoms with Gasteiger partial charge in [-0.05, 0) is 29.8 Å². The zero-order valence-corrected chi connectivity index (χ0v) is 21.5. The largest absolute Gasteiger partial charge is 0.394 e. The first-order chi connectivity index (χ1) is 17.7. The number of hydrogen-bond donors (Lipinski definition) is 3. The van der Waals surface area contributed by atoms with Gasteiger partial charge in [-0.25, -0.2) is 18.6 Å². The first-order valence-electron chi connectivity index (χ1n) is 11.5. The van der Waals surface area contributed by atoms with Crippen molar-refractivity contribution in [3.63, 3.8) is 0 Å². The van der Waals surface area contributed by atoms with Crippen LogP contribution in [0.1, 0.15) is 27.5 Å². The van der Waals surface area contributed by atoms with Gasteiger partial charge >= 0.3 is 0 Å². The molecule has 1 aliphatic carbocycles. The third-order valence-electron chi connectivity index (χ3n) is 6.23. The van der Waals surface area contributed by atoms with E-state index in [0.29, 0.717) is 16.3 Å². The average Bonchev–Trinajstić information content (AvgIpc) is 3.31. The summed E-state index contributed by atoms with van der Waals surface area (Å²) in [5, 5.41) is 10.7. The molecule has 10 nitrogen and oxygen atoms in total. The Morgan fingerprint density at radius 3 is 2.65 bits per heavy atom. The summed E-state index contributed by atoms with van der Waals surface area (Å²) in [7, 11) is -3.61. The number of hydrogen-bond acceptors (Lipinski definition) is 7. The summed E-state index contributed by atoms with van der Waals surface area (Å²) in [6, 6.07) is 10.2. The van der Waals surface area contributed by atoms with Crippen molar-refractivity contribution in [2.45, 2.75) is 24.6 Å². The minimum Gasteiger partial charge on any atom is -0.394 e. The molecule has 0 saturated carbocycles. The highest BCUT2D eigenvalue weighted by molar-refractivity contribution is 7.88. The highest BCUT2D eigenvalue weighted by Gasteiger charge is 2.48. The number of amides is 2. The number of pyridine rings is 1. The zero-order chi connectivity index (χ0) is 26.6. The SMILES string of the molecule is CS(=O)(=O)NC[C@H](CO)N1C(=O)c2ccccc2C(C(=O)NOCc2ccccn2)C1C1C=CC(Cl)=C1. The Hall–Kier alpha value is -3.09. The van der Waals surface area contributed by atoms with Gasteiger partial charge in [0.05, 0.1) is 36.6 Å². The van der Waals surface area contributed by atoms with Crippen LogP contribution in [0.25, 0.3) is 0 Å². The standard InChI is InChI=1S/C25H27ClN4O6S/c1-37(34,35)28-13-19(14-31)30-23(16-9-10-17(26)12-16)22(20-7-2-3-8-21(20)25(30)33)24(32)29-36-15-18-6-4-5-11-27-18/h2-12,16,19,22-23,28,31H,13-15H2,1H3,(H,29,32)/t16?,19-,22?,23?/m1/s1. The molecule has 2 aromatic rings. The van der Waals surface area contributed by atoms with Gasteiger partial charge in [0.15, 0.2) is 0 Å². The second kappa shape index (κ2) is 11.5. The molecule has 1 aromatic carbocycles. The summed E-state index contributed by atoms with van der Waals surface area (Å²) in [5.74, 6) is -2.34. The fraction of sp³-hybridized carbons (Fsp3) is 0.320. The lowest BCUT2D eigenvalue weighted by atomic mass is 9.76. The van der Waals surface area contributed by atoms with E-state index in [-0.39, 0.29) is 18.7 Å². The van der Waals surface area contributed by atoms with E-state index >= 15 is 0 Å². The molecule has 3 unspecified atom stereocenters. The number of halogens is 1. The third-order valence-corrected chi connectivity index (χ3v) is 7.18. The van der Waals surface area contributed by atoms with E-state index < -0.39 is 52.4 Å². The second-order valence-electron chi connectivity index (χ2n) is 8.79. The van der Waals surface area contributed by atoms with Crippen molar-refractivity contribution in [1.82, 2.24) is 20.1 Å². The van der Waals surface area contributed by atoms with Crippen LogP contribution in [-0.2, 0) is 26.3 Å². The molecule has 0 spiro atoms. The van der Waals surface area contributed by atoms with Crippen LogP contribution in [0, 0.1) is 5.92 Å². The van der Waals surface area contributed by atoms with Gasteiger partial charge in [-0.15, -0.1) is 0 Å². The Bertz CT molecular complexity index is 1320. The number of benzene rings is 1. The predicted molar refractivity (Wildman–Crippen MR) is 137 cm³/mol. The number of fused-ring (bicyclic) bond motifs is 1. The van der Waals surface area contributed by atoms with Crippen LogP contribution < -0.4 is 10.2 Å². The normalized spacial score (nSPS) is 21.9. The molecule has 0 radical (unpaired) electrons. The van der Waals surface area contributed by atoms with Crippen molar-refractivity contribution in [2.24, 2.45) is 5.92 Å². The average molecular weight is 547 g/mol. The molecule has 3 N–H and O–H groups in total. The van der Waals surface area contributed by atoms with Gasteiger partial charge in [-0.2, -0.15) is 0 Å². The zero-order valence-electron chi connectivity index (χ0n) is 20.0. The Labute approximate surface area is 220 Å². The first kappa shape index (κ1) is 27.0. The van der Waals surface area contributed by atoms with Gasteiger partial charge in [0.25, 0.3) is 11.8 Å². The monoisotopic (exact) mass is 546 g/mol. The second-order valence-corrected chi connectivity index (χ2v) is 11.1. The van der Waals surface area contributed by atoms with Crippen LogP contribution in [0.3, 0.4) is 0 Å². The number of nitrogens with one attached hydrogen (secondary N) is 2. The number of aromatic nitrogens is 1. The van der Waals surface area contributed by atoms with Gasteiger partial charge in [-0.3, -0.25) is 19.4 Å². The van der Waals surface area contributed by atoms with E-state index in [9.17, 15) is 23.1 Å². The Morgan fingerprint density at radius 2 is 2.00 bits per heavy atom. The van der Waals surface area contributed by atoms with E-state index in [2.05, 4.69) is 15.2 Å². The van der Waals surface area contributed by atoms with Gasteiger partial charge < -0.3 is 10.0 Å². The predicted octanol–water partition coefficient (Wildman–Crippen LogP) is 1.46. The lowest BCUT2D eigenvalue weighted by Crippen LogP contribution is -2.61. The molecular formula is C25H27ClN4O6S. The molecule has 37 heavy (non-hydrogen) atoms. The van der Waals surface area contributed by atoms with Crippen LogP contribution >= 0.6 is 11.6 Å². The molecule has 4 atom stereocenters.